The molecule has 0 bridgehead atoms. The number of pyridine rings is 2. The predicted molar refractivity (Wildman–Crippen MR) is 117 cm³/mol. The summed E-state index contributed by atoms with van der Waals surface area (Å²) in [6.45, 7) is 3.73. The van der Waals surface area contributed by atoms with E-state index in [0.717, 1.165) is 12.1 Å². The lowest BCUT2D eigenvalue weighted by Crippen LogP contribution is -2.52. The van der Waals surface area contributed by atoms with Gasteiger partial charge in [0.1, 0.15) is 28.8 Å². The topological polar surface area (TPSA) is 74.4 Å². The van der Waals surface area contributed by atoms with E-state index in [2.05, 4.69) is 9.72 Å². The number of alkyl halides is 3. The summed E-state index contributed by atoms with van der Waals surface area (Å²) in [7, 11) is 1.64. The lowest BCUT2D eigenvalue weighted by Gasteiger charge is -2.41. The number of hydrogen-bond acceptors (Lipinski definition) is 6. The zero-order valence-electron chi connectivity index (χ0n) is 18.4. The molecule has 0 saturated carbocycles. The number of hydrogen-bond donors (Lipinski definition) is 0. The first-order valence-electron chi connectivity index (χ1n) is 10.5. The molecule has 0 radical (unpaired) electrons. The van der Waals surface area contributed by atoms with Crippen molar-refractivity contribution < 1.29 is 22.3 Å². The van der Waals surface area contributed by atoms with Crippen LogP contribution in [-0.4, -0.2) is 46.5 Å². The van der Waals surface area contributed by atoms with Crippen molar-refractivity contribution in [3.05, 3.63) is 63.8 Å². The summed E-state index contributed by atoms with van der Waals surface area (Å²) in [6, 6.07) is 9.81. The van der Waals surface area contributed by atoms with Crippen LogP contribution in [0.15, 0.2) is 41.2 Å². The molecule has 0 amide bonds. The number of ether oxygens (including phenoxy) is 1. The normalized spacial score (nSPS) is 17.1. The summed E-state index contributed by atoms with van der Waals surface area (Å²) >= 11 is 0. The molecule has 1 atom stereocenters. The number of nitrogens with zero attached hydrogens (tertiary/aromatic N) is 5. The van der Waals surface area contributed by atoms with Crippen LogP contribution in [0.5, 0.6) is 5.75 Å². The van der Waals surface area contributed by atoms with Crippen LogP contribution in [0.4, 0.5) is 23.2 Å². The molecule has 1 aromatic carbocycles. The van der Waals surface area contributed by atoms with Crippen LogP contribution in [0.1, 0.15) is 18.2 Å². The molecule has 34 heavy (non-hydrogen) atoms. The molecule has 1 fully saturated rings. The van der Waals surface area contributed by atoms with Crippen molar-refractivity contribution in [2.24, 2.45) is 7.05 Å². The predicted octanol–water partition coefficient (Wildman–Crippen LogP) is 3.55. The number of benzene rings is 1. The monoisotopic (exact) mass is 475 g/mol. The van der Waals surface area contributed by atoms with Crippen molar-refractivity contribution in [2.45, 2.75) is 25.9 Å². The largest absolute Gasteiger partial charge is 0.573 e. The van der Waals surface area contributed by atoms with Gasteiger partial charge in [0.25, 0.3) is 5.56 Å². The third-order valence-electron chi connectivity index (χ3n) is 5.86. The molecule has 0 spiro atoms. The molecular formula is C23H21F4N5O2. The molecule has 1 saturated heterocycles. The summed E-state index contributed by atoms with van der Waals surface area (Å²) in [6.07, 6.45) is -4.88. The minimum atomic E-state index is -4.88. The van der Waals surface area contributed by atoms with Crippen LogP contribution in [0, 0.1) is 17.1 Å². The van der Waals surface area contributed by atoms with Gasteiger partial charge in [-0.25, -0.2) is 9.37 Å². The fourth-order valence-corrected chi connectivity index (χ4v) is 4.22. The van der Waals surface area contributed by atoms with E-state index in [-0.39, 0.29) is 29.4 Å². The van der Waals surface area contributed by atoms with Gasteiger partial charge in [-0.1, -0.05) is 6.07 Å². The van der Waals surface area contributed by atoms with Crippen molar-refractivity contribution in [3.63, 3.8) is 0 Å². The van der Waals surface area contributed by atoms with Gasteiger partial charge in [-0.05, 0) is 25.1 Å². The molecule has 11 heteroatoms. The maximum absolute atomic E-state index is 14.4. The molecule has 0 N–H and O–H groups in total. The van der Waals surface area contributed by atoms with Crippen LogP contribution in [0.25, 0.3) is 11.0 Å². The van der Waals surface area contributed by atoms with Crippen LogP contribution >= 0.6 is 0 Å². The van der Waals surface area contributed by atoms with Crippen molar-refractivity contribution in [2.75, 3.05) is 24.5 Å². The quantitative estimate of drug-likeness (QED) is 0.538. The number of anilines is 1. The number of halogens is 4. The third-order valence-corrected chi connectivity index (χ3v) is 5.86. The van der Waals surface area contributed by atoms with E-state index < -0.39 is 17.9 Å². The maximum atomic E-state index is 14.4. The van der Waals surface area contributed by atoms with E-state index in [9.17, 15) is 27.6 Å². The van der Waals surface area contributed by atoms with Gasteiger partial charge in [-0.3, -0.25) is 9.69 Å². The lowest BCUT2D eigenvalue weighted by atomic mass is 10.1. The second kappa shape index (κ2) is 8.95. The molecular weight excluding hydrogens is 454 g/mol. The molecule has 7 nitrogen and oxygen atoms in total. The van der Waals surface area contributed by atoms with Crippen LogP contribution < -0.4 is 15.2 Å². The van der Waals surface area contributed by atoms with Crippen molar-refractivity contribution in [1.29, 1.82) is 5.26 Å². The molecule has 0 aliphatic carbocycles. The van der Waals surface area contributed by atoms with Gasteiger partial charge in [-0.2, -0.15) is 5.26 Å². The van der Waals surface area contributed by atoms with Gasteiger partial charge in [0.05, 0.1) is 11.2 Å². The number of aromatic nitrogens is 2. The highest BCUT2D eigenvalue weighted by molar-refractivity contribution is 5.88. The highest BCUT2D eigenvalue weighted by atomic mass is 19.4. The fraction of sp³-hybridized carbons (Fsp3) is 0.348. The summed E-state index contributed by atoms with van der Waals surface area (Å²) in [5, 5.41) is 9.25. The van der Waals surface area contributed by atoms with E-state index in [0.29, 0.717) is 36.4 Å². The van der Waals surface area contributed by atoms with E-state index in [1.165, 1.54) is 16.7 Å². The molecule has 3 heterocycles. The minimum Gasteiger partial charge on any atom is -0.406 e. The maximum Gasteiger partial charge on any atom is 0.573 e. The number of rotatable bonds is 4. The van der Waals surface area contributed by atoms with Crippen LogP contribution in [0.3, 0.4) is 0 Å². The molecule has 3 aromatic rings. The molecule has 178 valence electrons. The smallest absolute Gasteiger partial charge is 0.406 e. The average molecular weight is 475 g/mol. The second-order valence-electron chi connectivity index (χ2n) is 8.18. The standard InChI is InChI=1S/C23H21F4N5O2/c1-14-12-31(13-15-3-5-17(9-18(15)24)34-23(25,26)27)7-8-32(14)20-10-21(33)30(2)19-6-4-16(11-28)29-22(19)20/h3-6,9-10,14H,7-8,12-13H2,1-2H3/t14-/m0/s1. The summed E-state index contributed by atoms with van der Waals surface area (Å²) in [4.78, 5) is 21.0. The first kappa shape index (κ1) is 23.5. The first-order chi connectivity index (χ1) is 16.1. The summed E-state index contributed by atoms with van der Waals surface area (Å²) < 4.78 is 56.7. The number of piperazine rings is 1. The Morgan fingerprint density at radius 1 is 1.21 bits per heavy atom. The van der Waals surface area contributed by atoms with Crippen molar-refractivity contribution in [1.82, 2.24) is 14.5 Å². The number of fused-ring (bicyclic) bond motifs is 1. The summed E-state index contributed by atoms with van der Waals surface area (Å²) in [5.41, 5.74) is 2.09. The summed E-state index contributed by atoms with van der Waals surface area (Å²) in [5.74, 6) is -1.38. The lowest BCUT2D eigenvalue weighted by molar-refractivity contribution is -0.274. The Morgan fingerprint density at radius 2 is 1.97 bits per heavy atom. The van der Waals surface area contributed by atoms with Crippen molar-refractivity contribution in [3.8, 4) is 11.8 Å². The average Bonchev–Trinajstić information content (AvgIpc) is 2.77. The van der Waals surface area contributed by atoms with Gasteiger partial charge in [0.15, 0.2) is 0 Å². The Bertz CT molecular complexity index is 1330. The van der Waals surface area contributed by atoms with E-state index in [4.69, 9.17) is 0 Å². The zero-order valence-corrected chi connectivity index (χ0v) is 18.4. The fourth-order valence-electron chi connectivity index (χ4n) is 4.22. The Labute approximate surface area is 192 Å². The van der Waals surface area contributed by atoms with E-state index >= 15 is 0 Å². The van der Waals surface area contributed by atoms with Crippen LogP contribution in [0.2, 0.25) is 0 Å². The van der Waals surface area contributed by atoms with Gasteiger partial charge in [-0.15, -0.1) is 13.2 Å². The second-order valence-corrected chi connectivity index (χ2v) is 8.18. The Morgan fingerprint density at radius 3 is 2.62 bits per heavy atom. The van der Waals surface area contributed by atoms with Crippen LogP contribution in [-0.2, 0) is 13.6 Å². The molecule has 0 unspecified atom stereocenters. The highest BCUT2D eigenvalue weighted by Crippen LogP contribution is 2.29. The van der Waals surface area contributed by atoms with Gasteiger partial charge in [0, 0.05) is 57.0 Å². The third kappa shape index (κ3) is 4.82. The number of aryl methyl sites for hydroxylation is 1. The van der Waals surface area contributed by atoms with Gasteiger partial charge >= 0.3 is 6.36 Å². The van der Waals surface area contributed by atoms with Crippen molar-refractivity contribution >= 4 is 16.7 Å². The Balaban J connectivity index is 1.54. The zero-order chi connectivity index (χ0) is 24.6. The van der Waals surface area contributed by atoms with Gasteiger partial charge in [0.2, 0.25) is 0 Å². The van der Waals surface area contributed by atoms with E-state index in [1.54, 1.807) is 19.2 Å². The molecule has 4 rings (SSSR count). The highest BCUT2D eigenvalue weighted by Gasteiger charge is 2.32. The molecule has 1 aliphatic rings. The van der Waals surface area contributed by atoms with Gasteiger partial charge < -0.3 is 14.2 Å². The Kier molecular flexibility index (Phi) is 6.18. The van der Waals surface area contributed by atoms with E-state index in [1.807, 2.05) is 22.8 Å². The number of nitriles is 1. The Hall–Kier alpha value is -3.65. The minimum absolute atomic E-state index is 0.0764. The molecule has 2 aromatic heterocycles. The SMILES string of the molecule is C[C@H]1CN(Cc2ccc(OC(F)(F)F)cc2F)CCN1c1cc(=O)n(C)c2ccc(C#N)nc12. The molecule has 1 aliphatic heterocycles. The first-order valence-corrected chi connectivity index (χ1v) is 10.5.